The molecule has 1 aromatic heterocycles. The number of hydrogen-bond acceptors (Lipinski definition) is 4. The van der Waals surface area contributed by atoms with Crippen molar-refractivity contribution < 1.29 is 4.79 Å². The summed E-state index contributed by atoms with van der Waals surface area (Å²) in [7, 11) is 0. The van der Waals surface area contributed by atoms with Gasteiger partial charge in [0.05, 0.1) is 12.2 Å². The summed E-state index contributed by atoms with van der Waals surface area (Å²) < 4.78 is 0. The number of amides is 1. The monoisotopic (exact) mass is 192 g/mol. The number of nitrogens with zero attached hydrogens (tertiary/aromatic N) is 2. The number of hydrogen-bond donors (Lipinski definition) is 2. The largest absolute Gasteiger partial charge is 0.368 e. The second-order valence-electron chi connectivity index (χ2n) is 3.37. The first-order valence-corrected chi connectivity index (χ1v) is 4.63. The van der Waals surface area contributed by atoms with Gasteiger partial charge in [0, 0.05) is 0 Å². The molecule has 0 spiro atoms. The highest BCUT2D eigenvalue weighted by molar-refractivity contribution is 5.78. The minimum atomic E-state index is -0.396. The summed E-state index contributed by atoms with van der Waals surface area (Å²) in [5.41, 5.74) is 7.31. The van der Waals surface area contributed by atoms with Crippen LogP contribution >= 0.6 is 0 Å². The van der Waals surface area contributed by atoms with Crippen molar-refractivity contribution in [3.05, 3.63) is 17.3 Å². The molecule has 0 aromatic carbocycles. The fourth-order valence-corrected chi connectivity index (χ4v) is 1.59. The summed E-state index contributed by atoms with van der Waals surface area (Å²) in [5.74, 6) is 0.233. The van der Waals surface area contributed by atoms with Gasteiger partial charge in [0.2, 0.25) is 5.91 Å². The van der Waals surface area contributed by atoms with Crippen molar-refractivity contribution in [1.29, 1.82) is 0 Å². The van der Waals surface area contributed by atoms with E-state index < -0.39 is 5.91 Å². The number of rotatable bonds is 3. The summed E-state index contributed by atoms with van der Waals surface area (Å²) in [5, 5.41) is 10.9. The van der Waals surface area contributed by atoms with E-state index in [0.29, 0.717) is 5.82 Å². The molecule has 0 bridgehead atoms. The molecule has 1 aliphatic rings. The van der Waals surface area contributed by atoms with Crippen molar-refractivity contribution >= 4 is 11.7 Å². The summed E-state index contributed by atoms with van der Waals surface area (Å²) in [6, 6.07) is 1.94. The number of carbonyl (C=O) groups is 1. The molecule has 5 nitrogen and oxygen atoms in total. The Bertz CT molecular complexity index is 364. The number of nitrogens with one attached hydrogen (secondary N) is 1. The van der Waals surface area contributed by atoms with Gasteiger partial charge in [-0.15, -0.1) is 5.10 Å². The first kappa shape index (κ1) is 8.93. The maximum atomic E-state index is 10.5. The molecule has 0 saturated carbocycles. The van der Waals surface area contributed by atoms with E-state index in [9.17, 15) is 4.79 Å². The predicted octanol–water partition coefficient (Wildman–Crippen LogP) is -0.138. The smallest absolute Gasteiger partial charge is 0.236 e. The zero-order valence-electron chi connectivity index (χ0n) is 7.79. The van der Waals surface area contributed by atoms with E-state index in [1.165, 1.54) is 5.56 Å². The number of aromatic nitrogens is 2. The van der Waals surface area contributed by atoms with Gasteiger partial charge >= 0.3 is 0 Å². The van der Waals surface area contributed by atoms with Crippen molar-refractivity contribution in [2.24, 2.45) is 5.73 Å². The summed E-state index contributed by atoms with van der Waals surface area (Å²) in [4.78, 5) is 10.5. The standard InChI is InChI=1S/C9H12N4O/c10-8(14)5-11-9-4-6-2-1-3-7(6)12-13-9/h4H,1-3,5H2,(H2,10,14)(H,11,13). The van der Waals surface area contributed by atoms with Gasteiger partial charge < -0.3 is 11.1 Å². The lowest BCUT2D eigenvalue weighted by atomic mass is 10.2. The second kappa shape index (κ2) is 3.61. The number of aryl methyl sites for hydroxylation is 2. The van der Waals surface area contributed by atoms with E-state index in [1.807, 2.05) is 6.07 Å². The molecule has 1 amide bonds. The molecule has 14 heavy (non-hydrogen) atoms. The van der Waals surface area contributed by atoms with E-state index >= 15 is 0 Å². The summed E-state index contributed by atoms with van der Waals surface area (Å²) in [6.07, 6.45) is 3.21. The fraction of sp³-hybridized carbons (Fsp3) is 0.444. The Balaban J connectivity index is 2.09. The van der Waals surface area contributed by atoms with Gasteiger partial charge in [0.15, 0.2) is 0 Å². The maximum Gasteiger partial charge on any atom is 0.236 e. The number of nitrogens with two attached hydrogens (primary N) is 1. The van der Waals surface area contributed by atoms with Crippen molar-refractivity contribution in [2.45, 2.75) is 19.3 Å². The van der Waals surface area contributed by atoms with Gasteiger partial charge in [-0.1, -0.05) is 0 Å². The zero-order valence-corrected chi connectivity index (χ0v) is 7.79. The number of carbonyl (C=O) groups excluding carboxylic acids is 1. The van der Waals surface area contributed by atoms with Crippen molar-refractivity contribution in [1.82, 2.24) is 10.2 Å². The molecule has 74 valence electrons. The van der Waals surface area contributed by atoms with Gasteiger partial charge in [-0.2, -0.15) is 5.10 Å². The topological polar surface area (TPSA) is 80.9 Å². The Morgan fingerprint density at radius 3 is 3.14 bits per heavy atom. The average molecular weight is 192 g/mol. The minimum absolute atomic E-state index is 0.105. The van der Waals surface area contributed by atoms with Crippen LogP contribution in [-0.2, 0) is 17.6 Å². The second-order valence-corrected chi connectivity index (χ2v) is 3.37. The SMILES string of the molecule is NC(=O)CNc1cc2c(nn1)CCC2. The Hall–Kier alpha value is -1.65. The quantitative estimate of drug-likeness (QED) is 0.698. The number of primary amides is 1. The van der Waals surface area contributed by atoms with Crippen LogP contribution in [0.2, 0.25) is 0 Å². The molecule has 1 aromatic rings. The lowest BCUT2D eigenvalue weighted by Crippen LogP contribution is -2.22. The maximum absolute atomic E-state index is 10.5. The van der Waals surface area contributed by atoms with Gasteiger partial charge in [0.1, 0.15) is 5.82 Å². The van der Waals surface area contributed by atoms with Gasteiger partial charge in [-0.25, -0.2) is 0 Å². The molecule has 5 heteroatoms. The first-order valence-electron chi connectivity index (χ1n) is 4.63. The van der Waals surface area contributed by atoms with E-state index in [1.54, 1.807) is 0 Å². The summed E-state index contributed by atoms with van der Waals surface area (Å²) in [6.45, 7) is 0.105. The predicted molar refractivity (Wildman–Crippen MR) is 51.7 cm³/mol. The molecule has 0 aliphatic heterocycles. The molecular formula is C9H12N4O. The molecule has 0 fully saturated rings. The lowest BCUT2D eigenvalue weighted by molar-refractivity contribution is -0.116. The highest BCUT2D eigenvalue weighted by Gasteiger charge is 2.13. The van der Waals surface area contributed by atoms with Crippen LogP contribution in [0.15, 0.2) is 6.07 Å². The lowest BCUT2D eigenvalue weighted by Gasteiger charge is -2.03. The van der Waals surface area contributed by atoms with Crippen LogP contribution in [0.25, 0.3) is 0 Å². The number of fused-ring (bicyclic) bond motifs is 1. The van der Waals surface area contributed by atoms with E-state index in [0.717, 1.165) is 25.0 Å². The Morgan fingerprint density at radius 2 is 2.36 bits per heavy atom. The fourth-order valence-electron chi connectivity index (χ4n) is 1.59. The Labute approximate surface area is 81.7 Å². The Kier molecular flexibility index (Phi) is 2.30. The molecule has 1 heterocycles. The van der Waals surface area contributed by atoms with Crippen LogP contribution in [0.4, 0.5) is 5.82 Å². The highest BCUT2D eigenvalue weighted by atomic mass is 16.1. The van der Waals surface area contributed by atoms with Crippen molar-refractivity contribution in [3.63, 3.8) is 0 Å². The van der Waals surface area contributed by atoms with Gasteiger partial charge in [-0.3, -0.25) is 4.79 Å². The molecule has 3 N–H and O–H groups in total. The van der Waals surface area contributed by atoms with Crippen molar-refractivity contribution in [3.8, 4) is 0 Å². The highest BCUT2D eigenvalue weighted by Crippen LogP contribution is 2.20. The van der Waals surface area contributed by atoms with E-state index in [-0.39, 0.29) is 6.54 Å². The third kappa shape index (κ3) is 1.81. The van der Waals surface area contributed by atoms with E-state index in [4.69, 9.17) is 5.73 Å². The van der Waals surface area contributed by atoms with Crippen molar-refractivity contribution in [2.75, 3.05) is 11.9 Å². The molecular weight excluding hydrogens is 180 g/mol. The van der Waals surface area contributed by atoms with Crippen LogP contribution in [0.5, 0.6) is 0 Å². The van der Waals surface area contributed by atoms with Gasteiger partial charge in [0.25, 0.3) is 0 Å². The third-order valence-corrected chi connectivity index (χ3v) is 2.26. The molecule has 1 aliphatic carbocycles. The molecule has 0 unspecified atom stereocenters. The molecule has 0 saturated heterocycles. The Morgan fingerprint density at radius 1 is 1.50 bits per heavy atom. The van der Waals surface area contributed by atoms with Crippen LogP contribution in [0.1, 0.15) is 17.7 Å². The van der Waals surface area contributed by atoms with E-state index in [2.05, 4.69) is 15.5 Å². The molecule has 2 rings (SSSR count). The van der Waals surface area contributed by atoms with Crippen LogP contribution in [0, 0.1) is 0 Å². The third-order valence-electron chi connectivity index (χ3n) is 2.26. The average Bonchev–Trinajstić information content (AvgIpc) is 2.61. The molecule has 0 radical (unpaired) electrons. The van der Waals surface area contributed by atoms with Gasteiger partial charge in [-0.05, 0) is 30.9 Å². The molecule has 0 atom stereocenters. The van der Waals surface area contributed by atoms with Crippen LogP contribution < -0.4 is 11.1 Å². The zero-order chi connectivity index (χ0) is 9.97. The first-order chi connectivity index (χ1) is 6.75. The minimum Gasteiger partial charge on any atom is -0.368 e. The number of anilines is 1. The summed E-state index contributed by atoms with van der Waals surface area (Å²) >= 11 is 0. The normalized spacial score (nSPS) is 13.7. The van der Waals surface area contributed by atoms with Crippen LogP contribution in [-0.4, -0.2) is 22.6 Å². The van der Waals surface area contributed by atoms with Crippen LogP contribution in [0.3, 0.4) is 0 Å².